The molecule has 1 unspecified atom stereocenters. The van der Waals surface area contributed by atoms with Crippen LogP contribution in [-0.4, -0.2) is 103 Å². The maximum Gasteiger partial charge on any atom is 0.472 e. The van der Waals surface area contributed by atoms with Gasteiger partial charge in [0.15, 0.2) is 6.10 Å². The number of ketones is 1. The van der Waals surface area contributed by atoms with Gasteiger partial charge in [0.1, 0.15) is 25.5 Å². The number of quaternary nitrogens is 1. The van der Waals surface area contributed by atoms with Crippen LogP contribution in [0.25, 0.3) is 0 Å². The predicted octanol–water partition coefficient (Wildman–Crippen LogP) is 9.56. The van der Waals surface area contributed by atoms with Crippen molar-refractivity contribution in [1.29, 1.82) is 0 Å². The summed E-state index contributed by atoms with van der Waals surface area (Å²) in [7, 11) is 1.34. The monoisotopic (exact) mass is 847 g/mol. The van der Waals surface area contributed by atoms with Crippen molar-refractivity contribution in [1.82, 2.24) is 0 Å². The number of aliphatic hydroxyl groups is 2. The van der Waals surface area contributed by atoms with Crippen molar-refractivity contribution in [3.63, 3.8) is 0 Å². The molecule has 0 aliphatic heterocycles. The van der Waals surface area contributed by atoms with Crippen LogP contribution in [0.15, 0.2) is 12.2 Å². The average molecular weight is 847 g/mol. The first-order valence-electron chi connectivity index (χ1n) is 23.0. The second-order valence-electron chi connectivity index (χ2n) is 17.6. The third-order valence-corrected chi connectivity index (χ3v) is 11.9. The summed E-state index contributed by atoms with van der Waals surface area (Å²) in [5.74, 6) is -1.52. The highest BCUT2D eigenvalue weighted by Crippen LogP contribution is 2.43. The molecule has 0 aromatic heterocycles. The molecule has 1 saturated carbocycles. The molecule has 0 aromatic carbocycles. The van der Waals surface area contributed by atoms with E-state index in [1.165, 1.54) is 64.2 Å². The maximum absolute atomic E-state index is 12.8. The second kappa shape index (κ2) is 33.0. The van der Waals surface area contributed by atoms with E-state index in [-0.39, 0.29) is 44.2 Å². The van der Waals surface area contributed by atoms with E-state index in [0.717, 1.165) is 57.8 Å². The zero-order chi connectivity index (χ0) is 43.1. The van der Waals surface area contributed by atoms with Crippen LogP contribution in [0.4, 0.5) is 0 Å². The molecule has 0 saturated heterocycles. The summed E-state index contributed by atoms with van der Waals surface area (Å²) in [4.78, 5) is 48.1. The summed E-state index contributed by atoms with van der Waals surface area (Å²) in [6.45, 7) is 4.06. The molecule has 6 atom stereocenters. The molecule has 1 fully saturated rings. The Morgan fingerprint density at radius 2 is 1.28 bits per heavy atom. The Hall–Kier alpha value is -1.66. The second-order valence-corrected chi connectivity index (χ2v) is 19.0. The zero-order valence-electron chi connectivity index (χ0n) is 37.3. The smallest absolute Gasteiger partial charge is 0.462 e. The summed E-state index contributed by atoms with van der Waals surface area (Å²) in [6, 6.07) is 0. The van der Waals surface area contributed by atoms with E-state index in [1.54, 1.807) is 12.2 Å². The normalized spacial score (nSPS) is 19.4. The summed E-state index contributed by atoms with van der Waals surface area (Å²) in [5, 5.41) is 20.8. The van der Waals surface area contributed by atoms with Crippen molar-refractivity contribution in [3.05, 3.63) is 12.2 Å². The van der Waals surface area contributed by atoms with Gasteiger partial charge >= 0.3 is 19.8 Å². The number of hydrogen-bond acceptors (Lipinski definition) is 10. The molecular weight excluding hydrogens is 761 g/mol. The molecular formula is C45H85NO11P+. The molecule has 1 aliphatic carbocycles. The van der Waals surface area contributed by atoms with Gasteiger partial charge in [0, 0.05) is 25.2 Å². The lowest BCUT2D eigenvalue weighted by molar-refractivity contribution is -0.870. The van der Waals surface area contributed by atoms with E-state index in [9.17, 15) is 34.1 Å². The Labute approximate surface area is 352 Å². The van der Waals surface area contributed by atoms with Crippen LogP contribution in [0.3, 0.4) is 0 Å². The van der Waals surface area contributed by atoms with Gasteiger partial charge in [-0.15, -0.1) is 0 Å². The van der Waals surface area contributed by atoms with E-state index in [4.69, 9.17) is 18.5 Å². The van der Waals surface area contributed by atoms with E-state index >= 15 is 0 Å². The summed E-state index contributed by atoms with van der Waals surface area (Å²) in [6.07, 6.45) is 25.9. The van der Waals surface area contributed by atoms with Gasteiger partial charge in [-0.3, -0.25) is 23.4 Å². The number of aliphatic hydroxyl groups excluding tert-OH is 2. The standard InChI is InChI=1S/C45H84NO11P/c1-6-8-10-11-12-13-14-15-16-17-18-19-20-25-29-44(50)54-36-39(37-56-58(52,53)55-34-33-46(3,4)5)57-45(51)30-26-22-21-24-28-40-41(43(49)35-42(40)48)32-31-38(47)27-23-9-7-2/h31-32,38-42,47-48H,6-30,33-37H2,1-5H3/p+1/b32-31+/t38-,39+,40+,41+,42-/m0/s1. The van der Waals surface area contributed by atoms with E-state index in [2.05, 4.69) is 13.8 Å². The third kappa shape index (κ3) is 29.5. The Balaban J connectivity index is 2.46. The van der Waals surface area contributed by atoms with Crippen molar-refractivity contribution in [2.24, 2.45) is 11.8 Å². The van der Waals surface area contributed by atoms with Gasteiger partial charge < -0.3 is 29.1 Å². The van der Waals surface area contributed by atoms with Crippen LogP contribution < -0.4 is 0 Å². The lowest BCUT2D eigenvalue weighted by Crippen LogP contribution is -2.37. The van der Waals surface area contributed by atoms with Crippen LogP contribution in [0, 0.1) is 11.8 Å². The number of carbonyl (C=O) groups is 3. The number of rotatable bonds is 38. The number of ether oxygens (including phenoxy) is 2. The van der Waals surface area contributed by atoms with Crippen molar-refractivity contribution in [2.75, 3.05) is 47.5 Å². The van der Waals surface area contributed by atoms with Gasteiger partial charge in [0.2, 0.25) is 0 Å². The van der Waals surface area contributed by atoms with Crippen LogP contribution in [0.2, 0.25) is 0 Å². The SMILES string of the molecule is CCCCCCCCCCCCCCCCC(=O)OC[C@H](COP(=O)(O)OCC[N+](C)(C)C)OC(=O)CCCCCC[C@H]1[C@@H](O)CC(=O)[C@@H]1/C=C/[C@@H](O)CCCCC. The number of unbranched alkanes of at least 4 members (excludes halogenated alkanes) is 18. The Kier molecular flexibility index (Phi) is 31.0. The highest BCUT2D eigenvalue weighted by molar-refractivity contribution is 7.47. The molecule has 0 aromatic rings. The van der Waals surface area contributed by atoms with Crippen molar-refractivity contribution < 1.29 is 57.1 Å². The molecule has 58 heavy (non-hydrogen) atoms. The maximum atomic E-state index is 12.8. The molecule has 12 nitrogen and oxygen atoms in total. The summed E-state index contributed by atoms with van der Waals surface area (Å²) in [5.41, 5.74) is 0. The van der Waals surface area contributed by atoms with Crippen LogP contribution in [-0.2, 0) is 37.5 Å². The Bertz CT molecular complexity index is 1160. The van der Waals surface area contributed by atoms with Crippen molar-refractivity contribution in [3.8, 4) is 0 Å². The van der Waals surface area contributed by atoms with Gasteiger partial charge in [-0.2, -0.15) is 0 Å². The van der Waals surface area contributed by atoms with Crippen molar-refractivity contribution >= 4 is 25.5 Å². The van der Waals surface area contributed by atoms with Gasteiger partial charge in [0.25, 0.3) is 0 Å². The first kappa shape index (κ1) is 54.4. The molecule has 1 aliphatic rings. The number of phosphoric acid groups is 1. The minimum Gasteiger partial charge on any atom is -0.462 e. The number of carbonyl (C=O) groups excluding carboxylic acids is 3. The van der Waals surface area contributed by atoms with Gasteiger partial charge in [-0.05, 0) is 31.6 Å². The number of esters is 2. The first-order chi connectivity index (χ1) is 27.7. The summed E-state index contributed by atoms with van der Waals surface area (Å²) >= 11 is 0. The summed E-state index contributed by atoms with van der Waals surface area (Å²) < 4.78 is 34.3. The number of nitrogens with zero attached hydrogens (tertiary/aromatic N) is 1. The number of phosphoric ester groups is 1. The minimum atomic E-state index is -4.44. The minimum absolute atomic E-state index is 0.00422. The average Bonchev–Trinajstić information content (AvgIpc) is 3.43. The molecule has 3 N–H and O–H groups in total. The molecule has 1 rings (SSSR count). The highest BCUT2D eigenvalue weighted by atomic mass is 31.2. The van der Waals surface area contributed by atoms with Crippen LogP contribution in [0.1, 0.15) is 181 Å². The van der Waals surface area contributed by atoms with Crippen molar-refractivity contribution in [2.45, 2.75) is 199 Å². The van der Waals surface area contributed by atoms with Gasteiger partial charge in [-0.1, -0.05) is 148 Å². The van der Waals surface area contributed by atoms with Gasteiger partial charge in [-0.25, -0.2) is 4.57 Å². The number of allylic oxidation sites excluding steroid dienone is 1. The van der Waals surface area contributed by atoms with E-state index < -0.39 is 50.6 Å². The van der Waals surface area contributed by atoms with Crippen LogP contribution in [0.5, 0.6) is 0 Å². The quantitative estimate of drug-likeness (QED) is 0.0178. The van der Waals surface area contributed by atoms with E-state index in [1.807, 2.05) is 21.1 Å². The first-order valence-corrected chi connectivity index (χ1v) is 24.5. The number of Topliss-reactive ketones (excluding diaryl/α,β-unsaturated/α-hetero) is 1. The fourth-order valence-electron chi connectivity index (χ4n) is 7.27. The van der Waals surface area contributed by atoms with Crippen LogP contribution >= 0.6 is 7.82 Å². The fourth-order valence-corrected chi connectivity index (χ4v) is 8.01. The largest absolute Gasteiger partial charge is 0.472 e. The molecule has 0 bridgehead atoms. The topological polar surface area (TPSA) is 166 Å². The number of likely N-dealkylation sites (N-methyl/N-ethyl adjacent to an activating group) is 1. The molecule has 0 spiro atoms. The third-order valence-electron chi connectivity index (χ3n) is 11.0. The predicted molar refractivity (Wildman–Crippen MR) is 230 cm³/mol. The highest BCUT2D eigenvalue weighted by Gasteiger charge is 2.39. The molecule has 0 amide bonds. The molecule has 340 valence electrons. The molecule has 13 heteroatoms. The Morgan fingerprint density at radius 3 is 1.84 bits per heavy atom. The van der Waals surface area contributed by atoms with Gasteiger partial charge in [0.05, 0.1) is 40.0 Å². The lowest BCUT2D eigenvalue weighted by atomic mass is 9.88. The Morgan fingerprint density at radius 1 is 0.759 bits per heavy atom. The lowest BCUT2D eigenvalue weighted by Gasteiger charge is -2.24. The number of hydrogen-bond donors (Lipinski definition) is 3. The zero-order valence-corrected chi connectivity index (χ0v) is 38.2. The molecule has 0 heterocycles. The fraction of sp³-hybridized carbons (Fsp3) is 0.889. The van der Waals surface area contributed by atoms with E-state index in [0.29, 0.717) is 36.7 Å². The molecule has 0 radical (unpaired) electrons.